The lowest BCUT2D eigenvalue weighted by Gasteiger charge is -2.36. The zero-order valence-electron chi connectivity index (χ0n) is 15.2. The number of benzene rings is 2. The lowest BCUT2D eigenvalue weighted by atomic mass is 9.98. The minimum Gasteiger partial charge on any atom is -0.384 e. The maximum Gasteiger partial charge on any atom is 0.104 e. The molecule has 1 fully saturated rings. The van der Waals surface area contributed by atoms with Crippen molar-refractivity contribution in [1.82, 2.24) is 4.90 Å². The fourth-order valence-corrected chi connectivity index (χ4v) is 4.18. The molecule has 1 aliphatic heterocycles. The molecule has 0 aromatic heterocycles. The summed E-state index contributed by atoms with van der Waals surface area (Å²) in [6.07, 6.45) is 3.32. The van der Waals surface area contributed by atoms with E-state index in [-0.39, 0.29) is 6.61 Å². The smallest absolute Gasteiger partial charge is 0.104 e. The maximum absolute atomic E-state index is 8.79. The van der Waals surface area contributed by atoms with Crippen molar-refractivity contribution in [2.75, 3.05) is 44.2 Å². The van der Waals surface area contributed by atoms with Crippen LogP contribution in [0.1, 0.15) is 22.3 Å². The van der Waals surface area contributed by atoms with Crippen molar-refractivity contribution in [2.45, 2.75) is 19.3 Å². The number of aliphatic hydroxyl groups excluding tert-OH is 1. The molecular weight excluding hydrogens is 320 g/mol. The van der Waals surface area contributed by atoms with Gasteiger partial charge in [-0.3, -0.25) is 4.90 Å². The molecule has 2 aromatic rings. The van der Waals surface area contributed by atoms with E-state index >= 15 is 0 Å². The van der Waals surface area contributed by atoms with Gasteiger partial charge in [0.2, 0.25) is 0 Å². The zero-order chi connectivity index (χ0) is 17.8. The van der Waals surface area contributed by atoms with Crippen molar-refractivity contribution in [1.29, 1.82) is 0 Å². The molecule has 1 aliphatic carbocycles. The van der Waals surface area contributed by atoms with Gasteiger partial charge in [-0.2, -0.15) is 0 Å². The van der Waals surface area contributed by atoms with Crippen LogP contribution in [-0.4, -0.2) is 49.3 Å². The summed E-state index contributed by atoms with van der Waals surface area (Å²) in [5.74, 6) is 5.78. The molecule has 1 N–H and O–H groups in total. The van der Waals surface area contributed by atoms with Gasteiger partial charge in [-0.15, -0.1) is 0 Å². The number of anilines is 1. The predicted molar refractivity (Wildman–Crippen MR) is 107 cm³/mol. The van der Waals surface area contributed by atoms with Gasteiger partial charge >= 0.3 is 0 Å². The van der Waals surface area contributed by atoms with Crippen molar-refractivity contribution >= 4 is 5.69 Å². The largest absolute Gasteiger partial charge is 0.384 e. The molecule has 0 amide bonds. The van der Waals surface area contributed by atoms with Crippen molar-refractivity contribution in [2.24, 2.45) is 0 Å². The molecule has 0 radical (unpaired) electrons. The molecule has 0 spiro atoms. The number of hydrogen-bond acceptors (Lipinski definition) is 3. The summed E-state index contributed by atoms with van der Waals surface area (Å²) in [6, 6.07) is 15.7. The molecule has 26 heavy (non-hydrogen) atoms. The van der Waals surface area contributed by atoms with Crippen LogP contribution in [0.5, 0.6) is 0 Å². The minimum atomic E-state index is -0.0431. The van der Waals surface area contributed by atoms with Crippen molar-refractivity contribution < 1.29 is 5.11 Å². The number of hydrogen-bond donors (Lipinski definition) is 1. The molecule has 0 saturated carbocycles. The van der Waals surface area contributed by atoms with Crippen molar-refractivity contribution in [3.05, 3.63) is 64.7 Å². The summed E-state index contributed by atoms with van der Waals surface area (Å²) >= 11 is 0. The Bertz CT molecular complexity index is 826. The van der Waals surface area contributed by atoms with Gasteiger partial charge in [-0.05, 0) is 47.6 Å². The average Bonchev–Trinajstić information content (AvgIpc) is 2.88. The number of rotatable bonds is 2. The molecule has 2 aromatic carbocycles. The van der Waals surface area contributed by atoms with Gasteiger partial charge in [-0.25, -0.2) is 0 Å². The fourth-order valence-electron chi connectivity index (χ4n) is 4.18. The lowest BCUT2D eigenvalue weighted by Crippen LogP contribution is -2.46. The van der Waals surface area contributed by atoms with E-state index < -0.39 is 0 Å². The Labute approximate surface area is 156 Å². The second-order valence-electron chi connectivity index (χ2n) is 7.14. The van der Waals surface area contributed by atoms with Crippen LogP contribution in [0.3, 0.4) is 0 Å². The van der Waals surface area contributed by atoms with Crippen molar-refractivity contribution in [3.63, 3.8) is 0 Å². The third-order valence-electron chi connectivity index (χ3n) is 5.61. The fraction of sp³-hybridized carbons (Fsp3) is 0.391. The van der Waals surface area contributed by atoms with Crippen LogP contribution in [-0.2, 0) is 19.3 Å². The number of aryl methyl sites for hydroxylation is 1. The van der Waals surface area contributed by atoms with Crippen LogP contribution in [0.15, 0.2) is 42.5 Å². The first kappa shape index (κ1) is 17.1. The van der Waals surface area contributed by atoms with E-state index in [1.165, 1.54) is 27.9 Å². The second kappa shape index (κ2) is 7.95. The molecule has 0 atom stereocenters. The Morgan fingerprint density at radius 3 is 2.38 bits per heavy atom. The van der Waals surface area contributed by atoms with E-state index in [2.05, 4.69) is 64.1 Å². The quantitative estimate of drug-likeness (QED) is 0.847. The molecule has 3 heteroatoms. The number of nitrogens with zero attached hydrogens (tertiary/aromatic N) is 2. The summed E-state index contributed by atoms with van der Waals surface area (Å²) in [7, 11) is 0. The van der Waals surface area contributed by atoms with Crippen LogP contribution < -0.4 is 4.90 Å². The summed E-state index contributed by atoms with van der Waals surface area (Å²) in [5.41, 5.74) is 7.44. The number of aliphatic hydroxyl groups is 1. The highest BCUT2D eigenvalue weighted by molar-refractivity contribution is 5.59. The molecule has 3 nitrogen and oxygen atoms in total. The zero-order valence-corrected chi connectivity index (χ0v) is 15.2. The maximum atomic E-state index is 8.79. The summed E-state index contributed by atoms with van der Waals surface area (Å²) in [5, 5.41) is 8.79. The predicted octanol–water partition coefficient (Wildman–Crippen LogP) is 2.49. The molecule has 0 bridgehead atoms. The first-order chi connectivity index (χ1) is 12.8. The Balaban J connectivity index is 1.50. The van der Waals surface area contributed by atoms with Crippen LogP contribution in [0.4, 0.5) is 5.69 Å². The molecule has 134 valence electrons. The molecule has 4 rings (SSSR count). The van der Waals surface area contributed by atoms with Gasteiger partial charge < -0.3 is 10.0 Å². The van der Waals surface area contributed by atoms with Gasteiger partial charge in [0.05, 0.1) is 6.54 Å². The monoisotopic (exact) mass is 346 g/mol. The van der Waals surface area contributed by atoms with Crippen molar-refractivity contribution in [3.8, 4) is 11.8 Å². The standard InChI is InChI=1S/C23H26N2O/c26-17-4-3-12-24-13-15-25(16-14-24)23-9-5-8-21-18-20-7-2-1-6-19(20)10-11-22(21)23/h1-2,5-9,26H,10-18H2. The normalized spacial score (nSPS) is 16.9. The van der Waals surface area contributed by atoms with Gasteiger partial charge in [0.15, 0.2) is 0 Å². The van der Waals surface area contributed by atoms with Crippen LogP contribution in [0.2, 0.25) is 0 Å². The summed E-state index contributed by atoms with van der Waals surface area (Å²) in [6.45, 7) is 4.87. The highest BCUT2D eigenvalue weighted by Crippen LogP contribution is 2.31. The third kappa shape index (κ3) is 3.62. The summed E-state index contributed by atoms with van der Waals surface area (Å²) < 4.78 is 0. The van der Waals surface area contributed by atoms with Crippen LogP contribution in [0.25, 0.3) is 0 Å². The molecule has 1 heterocycles. The number of fused-ring (bicyclic) bond motifs is 2. The Hall–Kier alpha value is -2.28. The van der Waals surface area contributed by atoms with E-state index in [4.69, 9.17) is 5.11 Å². The van der Waals surface area contributed by atoms with E-state index in [1.54, 1.807) is 0 Å². The highest BCUT2D eigenvalue weighted by atomic mass is 16.2. The van der Waals surface area contributed by atoms with Crippen LogP contribution in [0, 0.1) is 11.8 Å². The van der Waals surface area contributed by atoms with Crippen LogP contribution >= 0.6 is 0 Å². The lowest BCUT2D eigenvalue weighted by molar-refractivity contribution is 0.287. The first-order valence-corrected chi connectivity index (χ1v) is 9.56. The molecule has 0 unspecified atom stereocenters. The highest BCUT2D eigenvalue weighted by Gasteiger charge is 2.21. The number of piperazine rings is 1. The first-order valence-electron chi connectivity index (χ1n) is 9.56. The van der Waals surface area contributed by atoms with E-state index in [9.17, 15) is 0 Å². The Morgan fingerprint density at radius 1 is 0.808 bits per heavy atom. The summed E-state index contributed by atoms with van der Waals surface area (Å²) in [4.78, 5) is 4.92. The third-order valence-corrected chi connectivity index (χ3v) is 5.61. The van der Waals surface area contributed by atoms with Gasteiger partial charge in [0.1, 0.15) is 6.61 Å². The Kier molecular flexibility index (Phi) is 5.24. The van der Waals surface area contributed by atoms with Gasteiger partial charge in [0.25, 0.3) is 0 Å². The topological polar surface area (TPSA) is 26.7 Å². The molecule has 1 saturated heterocycles. The second-order valence-corrected chi connectivity index (χ2v) is 7.14. The minimum absolute atomic E-state index is 0.0431. The molecule has 2 aliphatic rings. The van der Waals surface area contributed by atoms with E-state index in [0.717, 1.165) is 52.0 Å². The Morgan fingerprint density at radius 2 is 1.58 bits per heavy atom. The van der Waals surface area contributed by atoms with Gasteiger partial charge in [-0.1, -0.05) is 48.2 Å². The molecular formula is C23H26N2O. The van der Waals surface area contributed by atoms with E-state index in [1.807, 2.05) is 0 Å². The SMILES string of the molecule is OCC#CCN1CCN(c2cccc3c2CCc2ccccc2C3)CC1. The van der Waals surface area contributed by atoms with Gasteiger partial charge in [0, 0.05) is 31.9 Å². The van der Waals surface area contributed by atoms with E-state index in [0.29, 0.717) is 0 Å². The average molecular weight is 346 g/mol.